The molecule has 2 heterocycles. The second-order valence-electron chi connectivity index (χ2n) is 6.01. The summed E-state index contributed by atoms with van der Waals surface area (Å²) in [6, 6.07) is 23.6. The van der Waals surface area contributed by atoms with Gasteiger partial charge in [-0.05, 0) is 23.3 Å². The van der Waals surface area contributed by atoms with Crippen molar-refractivity contribution >= 4 is 22.4 Å². The summed E-state index contributed by atoms with van der Waals surface area (Å²) in [5, 5.41) is 3.54. The topological polar surface area (TPSA) is 54.9 Å². The van der Waals surface area contributed by atoms with E-state index >= 15 is 0 Å². The van der Waals surface area contributed by atoms with Crippen LogP contribution < -0.4 is 5.32 Å². The van der Waals surface area contributed by atoms with E-state index < -0.39 is 0 Å². The van der Waals surface area contributed by atoms with E-state index in [0.717, 1.165) is 27.3 Å². The van der Waals surface area contributed by atoms with Crippen molar-refractivity contribution in [3.63, 3.8) is 0 Å². The normalized spacial score (nSPS) is 10.5. The van der Waals surface area contributed by atoms with Crippen LogP contribution in [0.1, 0.15) is 5.56 Å². The molecule has 4 aromatic rings. The Labute approximate surface area is 161 Å². The molecule has 1 N–H and O–H groups in total. The van der Waals surface area contributed by atoms with Gasteiger partial charge in [-0.25, -0.2) is 4.98 Å². The van der Waals surface area contributed by atoms with E-state index in [0.29, 0.717) is 11.6 Å². The van der Waals surface area contributed by atoms with E-state index in [1.165, 1.54) is 11.3 Å². The first kappa shape index (κ1) is 17.1. The van der Waals surface area contributed by atoms with Crippen molar-refractivity contribution in [2.24, 2.45) is 0 Å². The standard InChI is InChI=1S/C22H17N3OS/c26-19(15-16-7-3-1-4-8-16)24-22-25-20(17-9-5-2-6-10-17)21(27-22)18-11-13-23-14-12-18/h1-14H,15H2,(H,24,25,26). The maximum absolute atomic E-state index is 12.4. The molecular weight excluding hydrogens is 354 g/mol. The average Bonchev–Trinajstić information content (AvgIpc) is 3.14. The van der Waals surface area contributed by atoms with Crippen LogP contribution in [0.2, 0.25) is 0 Å². The summed E-state index contributed by atoms with van der Waals surface area (Å²) in [4.78, 5) is 22.2. The van der Waals surface area contributed by atoms with Gasteiger partial charge in [-0.2, -0.15) is 0 Å². The maximum Gasteiger partial charge on any atom is 0.230 e. The molecule has 1 amide bonds. The third kappa shape index (κ3) is 4.10. The number of aromatic nitrogens is 2. The van der Waals surface area contributed by atoms with Crippen molar-refractivity contribution in [3.8, 4) is 21.7 Å². The first-order valence-corrected chi connectivity index (χ1v) is 9.41. The highest BCUT2D eigenvalue weighted by Gasteiger charge is 2.16. The summed E-state index contributed by atoms with van der Waals surface area (Å²) in [6.07, 6.45) is 3.85. The number of hydrogen-bond donors (Lipinski definition) is 1. The lowest BCUT2D eigenvalue weighted by Gasteiger charge is -2.02. The molecule has 0 saturated carbocycles. The summed E-state index contributed by atoms with van der Waals surface area (Å²) in [5.41, 5.74) is 3.89. The lowest BCUT2D eigenvalue weighted by Crippen LogP contribution is -2.14. The number of carbonyl (C=O) groups is 1. The molecule has 2 aromatic carbocycles. The number of benzene rings is 2. The number of thiazole rings is 1. The SMILES string of the molecule is O=C(Cc1ccccc1)Nc1nc(-c2ccccc2)c(-c2ccncc2)s1. The summed E-state index contributed by atoms with van der Waals surface area (Å²) < 4.78 is 0. The second kappa shape index (κ2) is 7.93. The third-order valence-corrected chi connectivity index (χ3v) is 5.09. The number of hydrogen-bond acceptors (Lipinski definition) is 4. The Morgan fingerprint density at radius 3 is 2.22 bits per heavy atom. The van der Waals surface area contributed by atoms with Gasteiger partial charge < -0.3 is 5.32 Å². The molecule has 4 nitrogen and oxygen atoms in total. The minimum absolute atomic E-state index is 0.0733. The molecule has 4 rings (SSSR count). The molecule has 0 aliphatic rings. The van der Waals surface area contributed by atoms with E-state index in [1.54, 1.807) is 12.4 Å². The Morgan fingerprint density at radius 2 is 1.52 bits per heavy atom. The van der Waals surface area contributed by atoms with Crippen molar-refractivity contribution in [2.45, 2.75) is 6.42 Å². The molecule has 27 heavy (non-hydrogen) atoms. The van der Waals surface area contributed by atoms with Gasteiger partial charge in [0, 0.05) is 18.0 Å². The van der Waals surface area contributed by atoms with Crippen molar-refractivity contribution in [1.29, 1.82) is 0 Å². The fourth-order valence-corrected chi connectivity index (χ4v) is 3.82. The first-order chi connectivity index (χ1) is 13.3. The van der Waals surface area contributed by atoms with Crippen molar-refractivity contribution < 1.29 is 4.79 Å². The molecule has 132 valence electrons. The van der Waals surface area contributed by atoms with Crippen LogP contribution in [0.4, 0.5) is 5.13 Å². The van der Waals surface area contributed by atoms with Crippen LogP contribution >= 0.6 is 11.3 Å². The molecular formula is C22H17N3OS. The molecule has 0 spiro atoms. The maximum atomic E-state index is 12.4. The highest BCUT2D eigenvalue weighted by Crippen LogP contribution is 2.38. The number of nitrogens with zero attached hydrogens (tertiary/aromatic N) is 2. The molecule has 0 atom stereocenters. The predicted octanol–water partition coefficient (Wildman–Crippen LogP) is 5.05. The van der Waals surface area contributed by atoms with Gasteiger partial charge in [0.15, 0.2) is 5.13 Å². The molecule has 0 aliphatic heterocycles. The van der Waals surface area contributed by atoms with Crippen LogP contribution in [-0.2, 0) is 11.2 Å². The average molecular weight is 371 g/mol. The number of amides is 1. The Kier molecular flexibility index (Phi) is 5.03. The van der Waals surface area contributed by atoms with Crippen LogP contribution in [0.5, 0.6) is 0 Å². The van der Waals surface area contributed by atoms with E-state index in [-0.39, 0.29) is 5.91 Å². The quantitative estimate of drug-likeness (QED) is 0.534. The zero-order chi connectivity index (χ0) is 18.5. The Morgan fingerprint density at radius 1 is 0.852 bits per heavy atom. The minimum atomic E-state index is -0.0733. The van der Waals surface area contributed by atoms with Crippen molar-refractivity contribution in [2.75, 3.05) is 5.32 Å². The highest BCUT2D eigenvalue weighted by molar-refractivity contribution is 7.19. The lowest BCUT2D eigenvalue weighted by atomic mass is 10.1. The van der Waals surface area contributed by atoms with Gasteiger partial charge in [0.1, 0.15) is 0 Å². The zero-order valence-corrected chi connectivity index (χ0v) is 15.3. The van der Waals surface area contributed by atoms with Crippen LogP contribution in [0.25, 0.3) is 21.7 Å². The number of carbonyl (C=O) groups excluding carboxylic acids is 1. The molecule has 2 aromatic heterocycles. The molecule has 0 bridgehead atoms. The van der Waals surface area contributed by atoms with Crippen LogP contribution in [0.3, 0.4) is 0 Å². The Balaban J connectivity index is 1.64. The summed E-state index contributed by atoms with van der Waals surface area (Å²) in [7, 11) is 0. The van der Waals surface area contributed by atoms with Gasteiger partial charge in [0.2, 0.25) is 5.91 Å². The van der Waals surface area contributed by atoms with Crippen molar-refractivity contribution in [3.05, 3.63) is 90.8 Å². The van der Waals surface area contributed by atoms with Gasteiger partial charge in [0.05, 0.1) is 17.0 Å². The smallest absolute Gasteiger partial charge is 0.230 e. The molecule has 0 aliphatic carbocycles. The summed E-state index contributed by atoms with van der Waals surface area (Å²) >= 11 is 1.48. The second-order valence-corrected chi connectivity index (χ2v) is 7.01. The molecule has 0 saturated heterocycles. The largest absolute Gasteiger partial charge is 0.302 e. The highest BCUT2D eigenvalue weighted by atomic mass is 32.1. The van der Waals surface area contributed by atoms with Crippen molar-refractivity contribution in [1.82, 2.24) is 9.97 Å². The third-order valence-electron chi connectivity index (χ3n) is 4.07. The number of pyridine rings is 1. The van der Waals surface area contributed by atoms with Gasteiger partial charge in [-0.3, -0.25) is 9.78 Å². The van der Waals surface area contributed by atoms with Gasteiger partial charge in [-0.15, -0.1) is 0 Å². The van der Waals surface area contributed by atoms with Gasteiger partial charge >= 0.3 is 0 Å². The monoisotopic (exact) mass is 371 g/mol. The zero-order valence-electron chi connectivity index (χ0n) is 14.5. The predicted molar refractivity (Wildman–Crippen MR) is 110 cm³/mol. The summed E-state index contributed by atoms with van der Waals surface area (Å²) in [6.45, 7) is 0. The first-order valence-electron chi connectivity index (χ1n) is 8.60. The summed E-state index contributed by atoms with van der Waals surface area (Å²) in [5.74, 6) is -0.0733. The van der Waals surface area contributed by atoms with Crippen LogP contribution in [0, 0.1) is 0 Å². The van der Waals surface area contributed by atoms with E-state index in [9.17, 15) is 4.79 Å². The number of rotatable bonds is 5. The van der Waals surface area contributed by atoms with Gasteiger partial charge in [-0.1, -0.05) is 72.0 Å². The van der Waals surface area contributed by atoms with E-state index in [1.807, 2.05) is 72.8 Å². The molecule has 0 unspecified atom stereocenters. The fourth-order valence-electron chi connectivity index (χ4n) is 2.81. The Hall–Kier alpha value is -3.31. The number of nitrogens with one attached hydrogen (secondary N) is 1. The fraction of sp³-hybridized carbons (Fsp3) is 0.0455. The molecule has 5 heteroatoms. The number of anilines is 1. The minimum Gasteiger partial charge on any atom is -0.302 e. The van der Waals surface area contributed by atoms with Gasteiger partial charge in [0.25, 0.3) is 0 Å². The van der Waals surface area contributed by atoms with Crippen LogP contribution in [0.15, 0.2) is 85.2 Å². The van der Waals surface area contributed by atoms with Crippen LogP contribution in [-0.4, -0.2) is 15.9 Å². The Bertz CT molecular complexity index is 974. The van der Waals surface area contributed by atoms with E-state index in [4.69, 9.17) is 4.98 Å². The molecule has 0 radical (unpaired) electrons. The molecule has 0 fully saturated rings. The lowest BCUT2D eigenvalue weighted by molar-refractivity contribution is -0.115. The van der Waals surface area contributed by atoms with E-state index in [2.05, 4.69) is 10.3 Å².